The number of ketones is 1. The molecule has 0 aliphatic heterocycles. The SMILES string of the molecule is COCC(=O)c1ccc2nc(C3CC3)[nH]c2c1. The van der Waals surface area contributed by atoms with Gasteiger partial charge in [0.1, 0.15) is 12.4 Å². The number of fused-ring (bicyclic) bond motifs is 1. The van der Waals surface area contributed by atoms with E-state index < -0.39 is 0 Å². The van der Waals surface area contributed by atoms with Gasteiger partial charge in [-0.2, -0.15) is 0 Å². The maximum atomic E-state index is 11.7. The number of imidazole rings is 1. The standard InChI is InChI=1S/C13H14N2O2/c1-17-7-12(16)9-4-5-10-11(6-9)15-13(14-10)8-2-3-8/h4-6,8H,2-3,7H2,1H3,(H,14,15). The van der Waals surface area contributed by atoms with E-state index in [9.17, 15) is 4.79 Å². The van der Waals surface area contributed by atoms with Gasteiger partial charge in [-0.1, -0.05) is 0 Å². The fourth-order valence-electron chi connectivity index (χ4n) is 1.97. The molecule has 4 nitrogen and oxygen atoms in total. The molecule has 0 atom stereocenters. The number of methoxy groups -OCH3 is 1. The van der Waals surface area contributed by atoms with E-state index in [1.54, 1.807) is 6.07 Å². The Morgan fingerprint density at radius 3 is 3.06 bits per heavy atom. The predicted octanol–water partition coefficient (Wildman–Crippen LogP) is 2.27. The molecule has 0 bridgehead atoms. The largest absolute Gasteiger partial charge is 0.377 e. The number of ether oxygens (including phenoxy) is 1. The van der Waals surface area contributed by atoms with Crippen LogP contribution in [0.15, 0.2) is 18.2 Å². The normalized spacial score (nSPS) is 15.4. The van der Waals surface area contributed by atoms with E-state index >= 15 is 0 Å². The van der Waals surface area contributed by atoms with Crippen molar-refractivity contribution in [1.29, 1.82) is 0 Å². The Kier molecular flexibility index (Phi) is 2.44. The number of H-pyrrole nitrogens is 1. The van der Waals surface area contributed by atoms with E-state index in [1.165, 1.54) is 20.0 Å². The molecule has 0 unspecified atom stereocenters. The highest BCUT2D eigenvalue weighted by atomic mass is 16.5. The van der Waals surface area contributed by atoms with Gasteiger partial charge in [0.25, 0.3) is 0 Å². The van der Waals surface area contributed by atoms with E-state index in [0.29, 0.717) is 11.5 Å². The van der Waals surface area contributed by atoms with Crippen molar-refractivity contribution in [2.75, 3.05) is 13.7 Å². The third-order valence-electron chi connectivity index (χ3n) is 3.06. The molecule has 0 radical (unpaired) electrons. The minimum Gasteiger partial charge on any atom is -0.377 e. The number of carbonyl (C=O) groups excluding carboxylic acids is 1. The van der Waals surface area contributed by atoms with Gasteiger partial charge in [-0.3, -0.25) is 4.79 Å². The molecule has 1 N–H and O–H groups in total. The number of benzene rings is 1. The van der Waals surface area contributed by atoms with Crippen LogP contribution in [0.2, 0.25) is 0 Å². The lowest BCUT2D eigenvalue weighted by Crippen LogP contribution is -2.06. The number of hydrogen-bond acceptors (Lipinski definition) is 3. The smallest absolute Gasteiger partial charge is 0.188 e. The first kappa shape index (κ1) is 10.5. The van der Waals surface area contributed by atoms with Crippen molar-refractivity contribution in [3.63, 3.8) is 0 Å². The highest BCUT2D eigenvalue weighted by Gasteiger charge is 2.26. The van der Waals surface area contributed by atoms with Crippen molar-refractivity contribution in [2.45, 2.75) is 18.8 Å². The lowest BCUT2D eigenvalue weighted by Gasteiger charge is -1.98. The Labute approximate surface area is 99.0 Å². The third kappa shape index (κ3) is 1.96. The zero-order valence-electron chi connectivity index (χ0n) is 9.69. The summed E-state index contributed by atoms with van der Waals surface area (Å²) in [5.41, 5.74) is 2.54. The maximum absolute atomic E-state index is 11.7. The summed E-state index contributed by atoms with van der Waals surface area (Å²) in [5, 5.41) is 0. The van der Waals surface area contributed by atoms with Gasteiger partial charge in [-0.25, -0.2) is 4.98 Å². The molecule has 1 aromatic carbocycles. The van der Waals surface area contributed by atoms with E-state index in [4.69, 9.17) is 4.74 Å². The molecule has 0 amide bonds. The Bertz CT molecular complexity index is 570. The van der Waals surface area contributed by atoms with Crippen LogP contribution in [-0.4, -0.2) is 29.5 Å². The third-order valence-corrected chi connectivity index (χ3v) is 3.06. The number of carbonyl (C=O) groups is 1. The summed E-state index contributed by atoms with van der Waals surface area (Å²) in [6, 6.07) is 5.55. The quantitative estimate of drug-likeness (QED) is 0.820. The van der Waals surface area contributed by atoms with Crippen LogP contribution in [0.4, 0.5) is 0 Å². The Balaban J connectivity index is 1.97. The van der Waals surface area contributed by atoms with Crippen LogP contribution in [0.25, 0.3) is 11.0 Å². The molecular weight excluding hydrogens is 216 g/mol. The Morgan fingerprint density at radius 1 is 1.53 bits per heavy atom. The van der Waals surface area contributed by atoms with Gasteiger partial charge in [-0.05, 0) is 31.0 Å². The zero-order chi connectivity index (χ0) is 11.8. The molecule has 88 valence electrons. The monoisotopic (exact) mass is 230 g/mol. The summed E-state index contributed by atoms with van der Waals surface area (Å²) < 4.78 is 4.85. The number of rotatable bonds is 4. The molecule has 1 aliphatic rings. The van der Waals surface area contributed by atoms with E-state index in [-0.39, 0.29) is 12.4 Å². The zero-order valence-corrected chi connectivity index (χ0v) is 9.69. The summed E-state index contributed by atoms with van der Waals surface area (Å²) in [5.74, 6) is 1.65. The van der Waals surface area contributed by atoms with Crippen molar-refractivity contribution in [3.05, 3.63) is 29.6 Å². The van der Waals surface area contributed by atoms with Crippen molar-refractivity contribution < 1.29 is 9.53 Å². The Hall–Kier alpha value is -1.68. The van der Waals surface area contributed by atoms with Crippen LogP contribution in [0, 0.1) is 0 Å². The molecule has 4 heteroatoms. The lowest BCUT2D eigenvalue weighted by molar-refractivity contribution is 0.0848. The first-order chi connectivity index (χ1) is 8.28. The number of aromatic nitrogens is 2. The van der Waals surface area contributed by atoms with Gasteiger partial charge in [-0.15, -0.1) is 0 Å². The summed E-state index contributed by atoms with van der Waals surface area (Å²) in [6.07, 6.45) is 2.44. The number of nitrogens with one attached hydrogen (secondary N) is 1. The van der Waals surface area contributed by atoms with Crippen LogP contribution in [0.1, 0.15) is 34.9 Å². The molecule has 1 aliphatic carbocycles. The highest BCUT2D eigenvalue weighted by Crippen LogP contribution is 2.39. The molecule has 0 saturated heterocycles. The summed E-state index contributed by atoms with van der Waals surface area (Å²) in [6.45, 7) is 0.120. The van der Waals surface area contributed by atoms with E-state index in [1.807, 2.05) is 12.1 Å². The second-order valence-corrected chi connectivity index (χ2v) is 4.48. The Morgan fingerprint density at radius 2 is 2.35 bits per heavy atom. The van der Waals surface area contributed by atoms with Crippen molar-refractivity contribution in [1.82, 2.24) is 9.97 Å². The molecule has 1 aromatic heterocycles. The van der Waals surface area contributed by atoms with Gasteiger partial charge in [0.15, 0.2) is 5.78 Å². The van der Waals surface area contributed by atoms with Crippen molar-refractivity contribution >= 4 is 16.8 Å². The first-order valence-corrected chi connectivity index (χ1v) is 5.80. The predicted molar refractivity (Wildman–Crippen MR) is 64.3 cm³/mol. The van der Waals surface area contributed by atoms with Gasteiger partial charge >= 0.3 is 0 Å². The van der Waals surface area contributed by atoms with Crippen LogP contribution in [0.5, 0.6) is 0 Å². The average molecular weight is 230 g/mol. The second-order valence-electron chi connectivity index (χ2n) is 4.48. The summed E-state index contributed by atoms with van der Waals surface area (Å²) in [7, 11) is 1.53. The minimum absolute atomic E-state index is 0.00280. The first-order valence-electron chi connectivity index (χ1n) is 5.80. The molecular formula is C13H14N2O2. The molecule has 1 heterocycles. The fraction of sp³-hybridized carbons (Fsp3) is 0.385. The van der Waals surface area contributed by atoms with Gasteiger partial charge in [0, 0.05) is 18.6 Å². The molecule has 1 saturated carbocycles. The molecule has 17 heavy (non-hydrogen) atoms. The lowest BCUT2D eigenvalue weighted by atomic mass is 10.1. The topological polar surface area (TPSA) is 55.0 Å². The molecule has 0 spiro atoms. The summed E-state index contributed by atoms with van der Waals surface area (Å²) in [4.78, 5) is 19.5. The van der Waals surface area contributed by atoms with Gasteiger partial charge < -0.3 is 9.72 Å². The maximum Gasteiger partial charge on any atom is 0.188 e. The number of Topliss-reactive ketones (excluding diaryl/α,β-unsaturated/α-hetero) is 1. The number of nitrogens with zero attached hydrogens (tertiary/aromatic N) is 1. The van der Waals surface area contributed by atoms with Gasteiger partial charge in [0.2, 0.25) is 0 Å². The van der Waals surface area contributed by atoms with Crippen LogP contribution >= 0.6 is 0 Å². The summed E-state index contributed by atoms with van der Waals surface area (Å²) >= 11 is 0. The number of hydrogen-bond donors (Lipinski definition) is 1. The van der Waals surface area contributed by atoms with Crippen LogP contribution in [0.3, 0.4) is 0 Å². The number of aromatic amines is 1. The van der Waals surface area contributed by atoms with Gasteiger partial charge in [0.05, 0.1) is 11.0 Å². The molecule has 3 rings (SSSR count). The minimum atomic E-state index is -0.00280. The van der Waals surface area contributed by atoms with E-state index in [0.717, 1.165) is 16.9 Å². The van der Waals surface area contributed by atoms with Crippen LogP contribution < -0.4 is 0 Å². The second kappa shape index (κ2) is 3.96. The fourth-order valence-corrected chi connectivity index (χ4v) is 1.97. The van der Waals surface area contributed by atoms with Crippen molar-refractivity contribution in [2.24, 2.45) is 0 Å². The highest BCUT2D eigenvalue weighted by molar-refractivity contribution is 5.99. The molecule has 2 aromatic rings. The molecule has 1 fully saturated rings. The van der Waals surface area contributed by atoms with Crippen LogP contribution in [-0.2, 0) is 4.74 Å². The van der Waals surface area contributed by atoms with Crippen molar-refractivity contribution in [3.8, 4) is 0 Å². The average Bonchev–Trinajstić information content (AvgIpc) is 3.08. The van der Waals surface area contributed by atoms with E-state index in [2.05, 4.69) is 9.97 Å².